The van der Waals surface area contributed by atoms with E-state index >= 15 is 0 Å². The van der Waals surface area contributed by atoms with Gasteiger partial charge in [-0.15, -0.1) is 0 Å². The Kier molecular flexibility index (Phi) is 4.46. The van der Waals surface area contributed by atoms with Gasteiger partial charge in [-0.05, 0) is 62.8 Å². The van der Waals surface area contributed by atoms with Crippen LogP contribution in [0, 0.1) is 11.8 Å². The number of hydrogen-bond acceptors (Lipinski definition) is 2. The van der Waals surface area contributed by atoms with Gasteiger partial charge in [-0.2, -0.15) is 0 Å². The van der Waals surface area contributed by atoms with E-state index in [-0.39, 0.29) is 11.8 Å². The SMILES string of the molecule is CCN(C(=O)C1CCC(C)CC1)c1ccc(N)cc1. The van der Waals surface area contributed by atoms with Crippen molar-refractivity contribution in [1.29, 1.82) is 0 Å². The Morgan fingerprint density at radius 2 is 1.79 bits per heavy atom. The Morgan fingerprint density at radius 3 is 2.32 bits per heavy atom. The van der Waals surface area contributed by atoms with Crippen LogP contribution in [0.1, 0.15) is 39.5 Å². The van der Waals surface area contributed by atoms with Gasteiger partial charge in [0.25, 0.3) is 0 Å². The van der Waals surface area contributed by atoms with Crippen molar-refractivity contribution < 1.29 is 4.79 Å². The molecule has 0 aliphatic heterocycles. The summed E-state index contributed by atoms with van der Waals surface area (Å²) in [6.45, 7) is 5.02. The van der Waals surface area contributed by atoms with Gasteiger partial charge in [-0.1, -0.05) is 6.92 Å². The summed E-state index contributed by atoms with van der Waals surface area (Å²) >= 11 is 0. The summed E-state index contributed by atoms with van der Waals surface area (Å²) in [5, 5.41) is 0. The first-order chi connectivity index (χ1) is 9.11. The lowest BCUT2D eigenvalue weighted by Crippen LogP contribution is -2.37. The molecule has 1 saturated carbocycles. The summed E-state index contributed by atoms with van der Waals surface area (Å²) in [6, 6.07) is 7.58. The van der Waals surface area contributed by atoms with Crippen molar-refractivity contribution in [2.75, 3.05) is 17.2 Å². The van der Waals surface area contributed by atoms with Crippen LogP contribution in [0.4, 0.5) is 11.4 Å². The van der Waals surface area contributed by atoms with Gasteiger partial charge in [0.1, 0.15) is 0 Å². The number of benzene rings is 1. The molecule has 1 aliphatic rings. The zero-order valence-electron chi connectivity index (χ0n) is 11.9. The van der Waals surface area contributed by atoms with Crippen molar-refractivity contribution in [3.63, 3.8) is 0 Å². The van der Waals surface area contributed by atoms with Gasteiger partial charge in [-0.25, -0.2) is 0 Å². The van der Waals surface area contributed by atoms with E-state index in [1.165, 1.54) is 12.8 Å². The molecule has 0 unspecified atom stereocenters. The predicted octanol–water partition coefficient (Wildman–Crippen LogP) is 3.45. The van der Waals surface area contributed by atoms with Crippen LogP contribution in [-0.2, 0) is 4.79 Å². The summed E-state index contributed by atoms with van der Waals surface area (Å²) in [6.07, 6.45) is 4.42. The molecule has 0 radical (unpaired) electrons. The number of rotatable bonds is 3. The molecule has 1 aliphatic carbocycles. The monoisotopic (exact) mass is 260 g/mol. The average molecular weight is 260 g/mol. The predicted molar refractivity (Wildman–Crippen MR) is 80.0 cm³/mol. The lowest BCUT2D eigenvalue weighted by Gasteiger charge is -2.30. The number of anilines is 2. The third kappa shape index (κ3) is 3.28. The third-order valence-electron chi connectivity index (χ3n) is 4.15. The van der Waals surface area contributed by atoms with Gasteiger partial charge in [0.15, 0.2) is 0 Å². The van der Waals surface area contributed by atoms with Gasteiger partial charge < -0.3 is 10.6 Å². The van der Waals surface area contributed by atoms with Crippen molar-refractivity contribution in [3.05, 3.63) is 24.3 Å². The van der Waals surface area contributed by atoms with E-state index in [2.05, 4.69) is 6.92 Å². The van der Waals surface area contributed by atoms with Crippen LogP contribution in [0.25, 0.3) is 0 Å². The molecular formula is C16H24N2O. The van der Waals surface area contributed by atoms with E-state index in [1.54, 1.807) is 0 Å². The minimum Gasteiger partial charge on any atom is -0.399 e. The summed E-state index contributed by atoms with van der Waals surface area (Å²) in [5.74, 6) is 1.25. The molecule has 3 heteroatoms. The highest BCUT2D eigenvalue weighted by Gasteiger charge is 2.28. The van der Waals surface area contributed by atoms with Crippen LogP contribution in [0.2, 0.25) is 0 Å². The fourth-order valence-corrected chi connectivity index (χ4v) is 2.85. The van der Waals surface area contributed by atoms with Crippen LogP contribution in [0.15, 0.2) is 24.3 Å². The lowest BCUT2D eigenvalue weighted by molar-refractivity contribution is -0.123. The van der Waals surface area contributed by atoms with Crippen LogP contribution in [0.3, 0.4) is 0 Å². The van der Waals surface area contributed by atoms with E-state index in [0.717, 1.165) is 36.7 Å². The highest BCUT2D eigenvalue weighted by atomic mass is 16.2. The smallest absolute Gasteiger partial charge is 0.230 e. The summed E-state index contributed by atoms with van der Waals surface area (Å²) in [4.78, 5) is 14.5. The molecule has 0 bridgehead atoms. The van der Waals surface area contributed by atoms with Crippen LogP contribution < -0.4 is 10.6 Å². The molecule has 1 fully saturated rings. The minimum atomic E-state index is 0.203. The maximum atomic E-state index is 12.6. The quantitative estimate of drug-likeness (QED) is 0.846. The second-order valence-corrected chi connectivity index (χ2v) is 5.63. The maximum absolute atomic E-state index is 12.6. The number of nitrogens with two attached hydrogens (primary N) is 1. The summed E-state index contributed by atoms with van der Waals surface area (Å²) in [7, 11) is 0. The lowest BCUT2D eigenvalue weighted by atomic mass is 9.82. The molecule has 1 aromatic rings. The first-order valence-corrected chi connectivity index (χ1v) is 7.28. The molecule has 3 nitrogen and oxygen atoms in total. The molecular weight excluding hydrogens is 236 g/mol. The standard InChI is InChI=1S/C16H24N2O/c1-3-18(15-10-8-14(17)9-11-15)16(19)13-6-4-12(2)5-7-13/h8-13H,3-7,17H2,1-2H3. The number of nitrogen functional groups attached to an aromatic ring is 1. The molecule has 0 aromatic heterocycles. The zero-order valence-corrected chi connectivity index (χ0v) is 11.9. The number of hydrogen-bond donors (Lipinski definition) is 1. The number of carbonyl (C=O) groups excluding carboxylic acids is 1. The fourth-order valence-electron chi connectivity index (χ4n) is 2.85. The third-order valence-corrected chi connectivity index (χ3v) is 4.15. The van der Waals surface area contributed by atoms with E-state index < -0.39 is 0 Å². The van der Waals surface area contributed by atoms with Gasteiger partial charge in [0.2, 0.25) is 5.91 Å². The molecule has 0 atom stereocenters. The second kappa shape index (κ2) is 6.09. The Bertz CT molecular complexity index is 419. The Labute approximate surface area is 115 Å². The van der Waals surface area contributed by atoms with Gasteiger partial charge in [0.05, 0.1) is 0 Å². The Balaban J connectivity index is 2.08. The molecule has 0 saturated heterocycles. The molecule has 1 aromatic carbocycles. The average Bonchev–Trinajstić information content (AvgIpc) is 2.42. The van der Waals surface area contributed by atoms with E-state index in [9.17, 15) is 4.79 Å². The van der Waals surface area contributed by atoms with E-state index in [1.807, 2.05) is 36.1 Å². The molecule has 0 spiro atoms. The second-order valence-electron chi connectivity index (χ2n) is 5.63. The highest BCUT2D eigenvalue weighted by molar-refractivity contribution is 5.95. The van der Waals surface area contributed by atoms with Crippen molar-refractivity contribution >= 4 is 17.3 Å². The zero-order chi connectivity index (χ0) is 13.8. The van der Waals surface area contributed by atoms with Gasteiger partial charge in [-0.3, -0.25) is 4.79 Å². The number of nitrogens with zero attached hydrogens (tertiary/aromatic N) is 1. The van der Waals surface area contributed by atoms with Crippen molar-refractivity contribution in [3.8, 4) is 0 Å². The molecule has 104 valence electrons. The fraction of sp³-hybridized carbons (Fsp3) is 0.562. The molecule has 1 amide bonds. The van der Waals surface area contributed by atoms with Gasteiger partial charge in [0, 0.05) is 23.8 Å². The van der Waals surface area contributed by atoms with Crippen LogP contribution in [-0.4, -0.2) is 12.5 Å². The highest BCUT2D eigenvalue weighted by Crippen LogP contribution is 2.31. The van der Waals surface area contributed by atoms with Crippen molar-refractivity contribution in [2.45, 2.75) is 39.5 Å². The first kappa shape index (κ1) is 13.9. The Morgan fingerprint density at radius 1 is 1.21 bits per heavy atom. The molecule has 19 heavy (non-hydrogen) atoms. The molecule has 0 heterocycles. The largest absolute Gasteiger partial charge is 0.399 e. The van der Waals surface area contributed by atoms with Crippen molar-refractivity contribution in [2.24, 2.45) is 11.8 Å². The Hall–Kier alpha value is -1.51. The maximum Gasteiger partial charge on any atom is 0.230 e. The minimum absolute atomic E-state index is 0.203. The number of carbonyl (C=O) groups is 1. The van der Waals surface area contributed by atoms with E-state index in [0.29, 0.717) is 0 Å². The molecule has 2 rings (SSSR count). The normalized spacial score (nSPS) is 23.1. The topological polar surface area (TPSA) is 46.3 Å². The first-order valence-electron chi connectivity index (χ1n) is 7.28. The number of amides is 1. The van der Waals surface area contributed by atoms with Crippen molar-refractivity contribution in [1.82, 2.24) is 0 Å². The summed E-state index contributed by atoms with van der Waals surface area (Å²) < 4.78 is 0. The van der Waals surface area contributed by atoms with E-state index in [4.69, 9.17) is 5.73 Å². The molecule has 2 N–H and O–H groups in total. The summed E-state index contributed by atoms with van der Waals surface area (Å²) in [5.41, 5.74) is 7.39. The van der Waals surface area contributed by atoms with Crippen LogP contribution in [0.5, 0.6) is 0 Å². The van der Waals surface area contributed by atoms with Crippen LogP contribution >= 0.6 is 0 Å². The van der Waals surface area contributed by atoms with Gasteiger partial charge >= 0.3 is 0 Å².